The number of rotatable bonds is 5. The Kier molecular flexibility index (Phi) is 4.37. The summed E-state index contributed by atoms with van der Waals surface area (Å²) in [5.41, 5.74) is 2.17. The summed E-state index contributed by atoms with van der Waals surface area (Å²) in [5, 5.41) is 8.80. The fourth-order valence-electron chi connectivity index (χ4n) is 4.19. The maximum absolute atomic E-state index is 6.29. The lowest BCUT2D eigenvalue weighted by molar-refractivity contribution is -0.0831. The zero-order valence-electron chi connectivity index (χ0n) is 16.0. The molecular formula is C20H24N6O2. The number of aromatic amines is 1. The van der Waals surface area contributed by atoms with Gasteiger partial charge in [-0.05, 0) is 24.1 Å². The second-order valence-electron chi connectivity index (χ2n) is 7.65. The summed E-state index contributed by atoms with van der Waals surface area (Å²) >= 11 is 0. The van der Waals surface area contributed by atoms with Gasteiger partial charge in [0.05, 0.1) is 20.0 Å². The lowest BCUT2D eigenvalue weighted by Crippen LogP contribution is -2.44. The van der Waals surface area contributed by atoms with Gasteiger partial charge in [-0.15, -0.1) is 10.2 Å². The van der Waals surface area contributed by atoms with E-state index in [4.69, 9.17) is 9.47 Å². The van der Waals surface area contributed by atoms with Crippen LogP contribution in [0.5, 0.6) is 5.75 Å². The zero-order valence-corrected chi connectivity index (χ0v) is 16.0. The van der Waals surface area contributed by atoms with E-state index >= 15 is 0 Å². The number of nitrogens with one attached hydrogen (secondary N) is 1. The molecule has 1 N–H and O–H groups in total. The Hall–Kier alpha value is -2.71. The number of ether oxygens (including phenoxy) is 2. The third-order valence-electron chi connectivity index (χ3n) is 5.72. The van der Waals surface area contributed by atoms with Crippen LogP contribution in [0.1, 0.15) is 29.3 Å². The number of H-pyrrole nitrogens is 1. The van der Waals surface area contributed by atoms with Gasteiger partial charge in [-0.25, -0.2) is 4.98 Å². The molecule has 4 heterocycles. The first-order valence-electron chi connectivity index (χ1n) is 9.60. The molecule has 5 rings (SSSR count). The Morgan fingerprint density at radius 1 is 1.21 bits per heavy atom. The van der Waals surface area contributed by atoms with Crippen LogP contribution in [0.25, 0.3) is 0 Å². The normalized spacial score (nSPS) is 21.9. The standard InChI is InChI=1S/C20H24N6O2/c1-27-17-4-2-15(3-5-17)8-18-23-24-19-11-28-20(13-26(18)19)6-7-25(12-20)10-16-9-21-14-22-16/h2-5,9,14H,6-8,10-13H2,1H3,(H,21,22). The predicted molar refractivity (Wildman–Crippen MR) is 102 cm³/mol. The number of hydrogen-bond donors (Lipinski definition) is 1. The molecule has 1 atom stereocenters. The van der Waals surface area contributed by atoms with E-state index in [0.717, 1.165) is 62.1 Å². The SMILES string of the molecule is COc1ccc(Cc2nnc3n2CC2(CCN(Cc4cnc[nH]4)C2)OC3)cc1. The molecule has 0 saturated carbocycles. The Bertz CT molecular complexity index is 936. The number of fused-ring (bicyclic) bond motifs is 1. The van der Waals surface area contributed by atoms with Crippen molar-refractivity contribution in [3.05, 3.63) is 59.7 Å². The third-order valence-corrected chi connectivity index (χ3v) is 5.72. The smallest absolute Gasteiger partial charge is 0.159 e. The molecule has 0 aliphatic carbocycles. The first kappa shape index (κ1) is 17.4. The molecule has 1 saturated heterocycles. The van der Waals surface area contributed by atoms with Crippen LogP contribution in [-0.4, -0.2) is 55.4 Å². The molecule has 2 aliphatic heterocycles. The van der Waals surface area contributed by atoms with Crippen molar-refractivity contribution in [2.24, 2.45) is 0 Å². The maximum Gasteiger partial charge on any atom is 0.159 e. The number of methoxy groups -OCH3 is 1. The number of benzene rings is 1. The fraction of sp³-hybridized carbons (Fsp3) is 0.450. The van der Waals surface area contributed by atoms with Crippen LogP contribution in [0.3, 0.4) is 0 Å². The van der Waals surface area contributed by atoms with E-state index in [1.165, 1.54) is 5.56 Å². The summed E-state index contributed by atoms with van der Waals surface area (Å²) < 4.78 is 13.8. The lowest BCUT2D eigenvalue weighted by Gasteiger charge is -2.34. The average molecular weight is 380 g/mol. The van der Waals surface area contributed by atoms with E-state index in [1.54, 1.807) is 13.4 Å². The van der Waals surface area contributed by atoms with Gasteiger partial charge < -0.3 is 19.0 Å². The van der Waals surface area contributed by atoms with Crippen molar-refractivity contribution in [3.8, 4) is 5.75 Å². The van der Waals surface area contributed by atoms with Crippen LogP contribution in [0.15, 0.2) is 36.8 Å². The van der Waals surface area contributed by atoms with Crippen molar-refractivity contribution in [1.82, 2.24) is 29.6 Å². The summed E-state index contributed by atoms with van der Waals surface area (Å²) in [6.07, 6.45) is 5.39. The van der Waals surface area contributed by atoms with Crippen molar-refractivity contribution in [2.75, 3.05) is 20.2 Å². The van der Waals surface area contributed by atoms with Crippen molar-refractivity contribution >= 4 is 0 Å². The highest BCUT2D eigenvalue weighted by molar-refractivity contribution is 5.29. The highest BCUT2D eigenvalue weighted by atomic mass is 16.5. The summed E-state index contributed by atoms with van der Waals surface area (Å²) in [7, 11) is 1.68. The van der Waals surface area contributed by atoms with E-state index in [-0.39, 0.29) is 5.60 Å². The van der Waals surface area contributed by atoms with Gasteiger partial charge in [0.15, 0.2) is 5.82 Å². The van der Waals surface area contributed by atoms with Crippen molar-refractivity contribution in [2.45, 2.75) is 38.1 Å². The summed E-state index contributed by atoms with van der Waals surface area (Å²) in [4.78, 5) is 9.72. The van der Waals surface area contributed by atoms with E-state index < -0.39 is 0 Å². The Balaban J connectivity index is 1.30. The van der Waals surface area contributed by atoms with Crippen LogP contribution >= 0.6 is 0 Å². The van der Waals surface area contributed by atoms with Gasteiger partial charge in [-0.3, -0.25) is 4.90 Å². The van der Waals surface area contributed by atoms with Crippen LogP contribution in [0.4, 0.5) is 0 Å². The van der Waals surface area contributed by atoms with Crippen molar-refractivity contribution in [3.63, 3.8) is 0 Å². The van der Waals surface area contributed by atoms with Gasteiger partial charge in [-0.2, -0.15) is 0 Å². The molecule has 1 unspecified atom stereocenters. The van der Waals surface area contributed by atoms with E-state index in [1.807, 2.05) is 18.3 Å². The summed E-state index contributed by atoms with van der Waals surface area (Å²) in [6, 6.07) is 8.13. The number of hydrogen-bond acceptors (Lipinski definition) is 6. The second-order valence-corrected chi connectivity index (χ2v) is 7.65. The quantitative estimate of drug-likeness (QED) is 0.727. The first-order chi connectivity index (χ1) is 13.7. The second kappa shape index (κ2) is 7.03. The Labute approximate surface area is 163 Å². The molecule has 1 aromatic carbocycles. The predicted octanol–water partition coefficient (Wildman–Crippen LogP) is 1.78. The molecule has 8 heteroatoms. The van der Waals surface area contributed by atoms with Crippen LogP contribution < -0.4 is 4.74 Å². The van der Waals surface area contributed by atoms with Gasteiger partial charge in [0.2, 0.25) is 0 Å². The molecule has 3 aromatic rings. The van der Waals surface area contributed by atoms with E-state index in [9.17, 15) is 0 Å². The van der Waals surface area contributed by atoms with Crippen LogP contribution in [0, 0.1) is 0 Å². The van der Waals surface area contributed by atoms with E-state index in [2.05, 4.69) is 41.8 Å². The molecular weight excluding hydrogens is 356 g/mol. The molecule has 1 spiro atoms. The van der Waals surface area contributed by atoms with Gasteiger partial charge in [0.25, 0.3) is 0 Å². The van der Waals surface area contributed by atoms with Gasteiger partial charge in [0.1, 0.15) is 23.8 Å². The van der Waals surface area contributed by atoms with Crippen LogP contribution in [-0.2, 0) is 30.9 Å². The molecule has 2 aliphatic rings. The highest BCUT2D eigenvalue weighted by Gasteiger charge is 2.43. The minimum Gasteiger partial charge on any atom is -0.497 e. The maximum atomic E-state index is 6.29. The lowest BCUT2D eigenvalue weighted by atomic mass is 10.0. The number of imidazole rings is 1. The fourth-order valence-corrected chi connectivity index (χ4v) is 4.19. The van der Waals surface area contributed by atoms with E-state index in [0.29, 0.717) is 6.61 Å². The largest absolute Gasteiger partial charge is 0.497 e. The molecule has 28 heavy (non-hydrogen) atoms. The Morgan fingerprint density at radius 3 is 2.89 bits per heavy atom. The monoisotopic (exact) mass is 380 g/mol. The highest BCUT2D eigenvalue weighted by Crippen LogP contribution is 2.33. The number of aromatic nitrogens is 5. The van der Waals surface area contributed by atoms with Gasteiger partial charge >= 0.3 is 0 Å². The average Bonchev–Trinajstić information content (AvgIpc) is 3.45. The topological polar surface area (TPSA) is 81.1 Å². The molecule has 0 bridgehead atoms. The third kappa shape index (κ3) is 3.29. The molecule has 2 aromatic heterocycles. The summed E-state index contributed by atoms with van der Waals surface area (Å²) in [6.45, 7) is 4.13. The van der Waals surface area contributed by atoms with Crippen molar-refractivity contribution < 1.29 is 9.47 Å². The number of nitrogens with zero attached hydrogens (tertiary/aromatic N) is 5. The molecule has 146 valence electrons. The minimum absolute atomic E-state index is 0.163. The Morgan fingerprint density at radius 2 is 2.11 bits per heavy atom. The minimum atomic E-state index is -0.163. The molecule has 0 radical (unpaired) electrons. The van der Waals surface area contributed by atoms with Crippen LogP contribution in [0.2, 0.25) is 0 Å². The van der Waals surface area contributed by atoms with Gasteiger partial charge in [-0.1, -0.05) is 12.1 Å². The molecule has 0 amide bonds. The molecule has 8 nitrogen and oxygen atoms in total. The molecule has 1 fully saturated rings. The number of likely N-dealkylation sites (tertiary alicyclic amines) is 1. The first-order valence-corrected chi connectivity index (χ1v) is 9.60. The van der Waals surface area contributed by atoms with Crippen molar-refractivity contribution in [1.29, 1.82) is 0 Å². The van der Waals surface area contributed by atoms with Gasteiger partial charge in [0, 0.05) is 37.9 Å². The zero-order chi connectivity index (χ0) is 19.0. The summed E-state index contributed by atoms with van der Waals surface area (Å²) in [5.74, 6) is 2.78.